The Morgan fingerprint density at radius 3 is 2.17 bits per heavy atom. The second-order valence-corrected chi connectivity index (χ2v) is 8.35. The first-order valence-corrected chi connectivity index (χ1v) is 12.3. The molecule has 0 saturated heterocycles. The summed E-state index contributed by atoms with van der Waals surface area (Å²) in [6.45, 7) is 5.98. The second kappa shape index (κ2) is 12.3. The predicted octanol–water partition coefficient (Wildman–Crippen LogP) is 6.30. The van der Waals surface area contributed by atoms with Gasteiger partial charge in [0, 0.05) is 13.0 Å². The number of carbonyl (C=O) groups is 1. The van der Waals surface area contributed by atoms with Crippen LogP contribution in [0.3, 0.4) is 0 Å². The number of fused-ring (bicyclic) bond motifs is 2. The van der Waals surface area contributed by atoms with Gasteiger partial charge in [-0.3, -0.25) is 0 Å². The lowest BCUT2D eigenvalue weighted by Crippen LogP contribution is -2.29. The zero-order valence-corrected chi connectivity index (χ0v) is 20.4. The van der Waals surface area contributed by atoms with E-state index in [0.717, 1.165) is 47.0 Å². The fraction of sp³-hybridized carbons (Fsp3) is 0.345. The van der Waals surface area contributed by atoms with E-state index in [1.807, 2.05) is 60.7 Å². The van der Waals surface area contributed by atoms with Crippen LogP contribution in [0.5, 0.6) is 17.2 Å². The minimum absolute atomic E-state index is 0.310. The molecule has 0 bridgehead atoms. The molecular weight excluding hydrogens is 442 g/mol. The third kappa shape index (κ3) is 6.34. The summed E-state index contributed by atoms with van der Waals surface area (Å²) in [5.41, 5.74) is 3.05. The highest BCUT2D eigenvalue weighted by Crippen LogP contribution is 2.45. The molecule has 1 aliphatic heterocycles. The lowest BCUT2D eigenvalue weighted by Gasteiger charge is -2.32. The summed E-state index contributed by atoms with van der Waals surface area (Å²) in [4.78, 5) is 14.5. The summed E-state index contributed by atoms with van der Waals surface area (Å²) >= 11 is 0. The average molecular weight is 476 g/mol. The van der Waals surface area contributed by atoms with Crippen LogP contribution in [0, 0.1) is 0 Å². The Bertz CT molecular complexity index is 1050. The maximum atomic E-state index is 12.3. The van der Waals surface area contributed by atoms with Gasteiger partial charge in [-0.25, -0.2) is 4.79 Å². The summed E-state index contributed by atoms with van der Waals surface area (Å²) in [5, 5.41) is 0. The lowest BCUT2D eigenvalue weighted by molar-refractivity contribution is -0.156. The number of nitrogens with zero attached hydrogens (tertiary/aromatic N) is 1. The van der Waals surface area contributed by atoms with Crippen LogP contribution in [0.25, 0.3) is 0 Å². The van der Waals surface area contributed by atoms with Crippen molar-refractivity contribution in [2.75, 3.05) is 31.3 Å². The van der Waals surface area contributed by atoms with Crippen LogP contribution >= 0.6 is 0 Å². The highest BCUT2D eigenvalue weighted by Gasteiger charge is 2.24. The normalized spacial score (nSPS) is 12.8. The van der Waals surface area contributed by atoms with Gasteiger partial charge < -0.3 is 23.8 Å². The van der Waals surface area contributed by atoms with Crippen molar-refractivity contribution in [3.63, 3.8) is 0 Å². The van der Waals surface area contributed by atoms with Crippen molar-refractivity contribution in [3.05, 3.63) is 78.4 Å². The summed E-state index contributed by atoms with van der Waals surface area (Å²) < 4.78 is 23.1. The first-order valence-electron chi connectivity index (χ1n) is 12.3. The molecule has 4 rings (SSSR count). The van der Waals surface area contributed by atoms with Gasteiger partial charge in [0.15, 0.2) is 17.6 Å². The van der Waals surface area contributed by atoms with Gasteiger partial charge in [0.2, 0.25) is 0 Å². The Morgan fingerprint density at radius 2 is 1.54 bits per heavy atom. The Kier molecular flexibility index (Phi) is 8.63. The minimum atomic E-state index is -0.588. The Balaban J connectivity index is 1.36. The molecular formula is C29H33NO5. The van der Waals surface area contributed by atoms with Crippen molar-refractivity contribution in [1.29, 1.82) is 0 Å². The van der Waals surface area contributed by atoms with E-state index in [9.17, 15) is 4.79 Å². The van der Waals surface area contributed by atoms with E-state index in [2.05, 4.69) is 24.0 Å². The van der Waals surface area contributed by atoms with E-state index >= 15 is 0 Å². The van der Waals surface area contributed by atoms with Gasteiger partial charge in [-0.15, -0.1) is 0 Å². The molecule has 0 aromatic heterocycles. The number of ether oxygens (including phenoxy) is 4. The Hall–Kier alpha value is -3.51. The molecule has 1 aliphatic rings. The van der Waals surface area contributed by atoms with E-state index < -0.39 is 6.10 Å². The SMILES string of the molecule is CCCCOC(Cc1ccc(OCCN2c3ccccc3Oc3ccccc32)cc1)C(=O)OCC. The highest BCUT2D eigenvalue weighted by molar-refractivity contribution is 5.77. The number of para-hydroxylation sites is 4. The van der Waals surface area contributed by atoms with Crippen LogP contribution in [0.2, 0.25) is 0 Å². The van der Waals surface area contributed by atoms with Crippen LogP contribution in [-0.2, 0) is 20.7 Å². The summed E-state index contributed by atoms with van der Waals surface area (Å²) in [6, 6.07) is 23.9. The van der Waals surface area contributed by atoms with Crippen molar-refractivity contribution < 1.29 is 23.7 Å². The second-order valence-electron chi connectivity index (χ2n) is 8.35. The number of esters is 1. The molecule has 1 heterocycles. The average Bonchev–Trinajstić information content (AvgIpc) is 2.89. The van der Waals surface area contributed by atoms with Crippen molar-refractivity contribution >= 4 is 17.3 Å². The summed E-state index contributed by atoms with van der Waals surface area (Å²) in [6.07, 6.45) is 1.82. The first kappa shape index (κ1) is 24.6. The van der Waals surface area contributed by atoms with Gasteiger partial charge in [0.25, 0.3) is 0 Å². The number of hydrogen-bond acceptors (Lipinski definition) is 6. The van der Waals surface area contributed by atoms with Crippen LogP contribution in [0.1, 0.15) is 32.3 Å². The monoisotopic (exact) mass is 475 g/mol. The molecule has 0 radical (unpaired) electrons. The van der Waals surface area contributed by atoms with Gasteiger partial charge in [0.05, 0.1) is 24.5 Å². The fourth-order valence-corrected chi connectivity index (χ4v) is 4.03. The topological polar surface area (TPSA) is 57.2 Å². The molecule has 1 unspecified atom stereocenters. The summed E-state index contributed by atoms with van der Waals surface area (Å²) in [7, 11) is 0. The third-order valence-corrected chi connectivity index (χ3v) is 5.83. The lowest BCUT2D eigenvalue weighted by atomic mass is 10.1. The zero-order valence-electron chi connectivity index (χ0n) is 20.4. The number of hydrogen-bond donors (Lipinski definition) is 0. The number of anilines is 2. The molecule has 0 N–H and O–H groups in total. The zero-order chi connectivity index (χ0) is 24.5. The van der Waals surface area contributed by atoms with Crippen molar-refractivity contribution in [2.45, 2.75) is 39.2 Å². The fourth-order valence-electron chi connectivity index (χ4n) is 4.03. The van der Waals surface area contributed by atoms with E-state index in [1.54, 1.807) is 6.92 Å². The standard InChI is InChI=1S/C29H33NO5/c1-3-5-19-34-28(29(31)32-4-2)21-22-14-16-23(17-15-22)33-20-18-30-24-10-6-8-12-26(24)35-27-13-9-7-11-25(27)30/h6-17,28H,3-5,18-21H2,1-2H3. The van der Waals surface area contributed by atoms with Crippen LogP contribution in [-0.4, -0.2) is 38.4 Å². The van der Waals surface area contributed by atoms with Crippen molar-refractivity contribution in [3.8, 4) is 17.2 Å². The quantitative estimate of drug-likeness (QED) is 0.226. The molecule has 0 amide bonds. The first-order chi connectivity index (χ1) is 17.2. The van der Waals surface area contributed by atoms with Crippen LogP contribution in [0.15, 0.2) is 72.8 Å². The van der Waals surface area contributed by atoms with Gasteiger partial charge in [-0.05, 0) is 55.3 Å². The largest absolute Gasteiger partial charge is 0.492 e. The van der Waals surface area contributed by atoms with Gasteiger partial charge in [0.1, 0.15) is 12.4 Å². The Labute approximate surface area is 207 Å². The minimum Gasteiger partial charge on any atom is -0.492 e. The molecule has 6 nitrogen and oxygen atoms in total. The molecule has 35 heavy (non-hydrogen) atoms. The van der Waals surface area contributed by atoms with E-state index in [1.165, 1.54) is 0 Å². The number of benzene rings is 3. The molecule has 0 aliphatic carbocycles. The van der Waals surface area contributed by atoms with Gasteiger partial charge in [-0.1, -0.05) is 49.7 Å². The van der Waals surface area contributed by atoms with Crippen LogP contribution < -0.4 is 14.4 Å². The molecule has 0 fully saturated rings. The molecule has 0 spiro atoms. The maximum Gasteiger partial charge on any atom is 0.335 e. The van der Waals surface area contributed by atoms with Crippen molar-refractivity contribution in [2.24, 2.45) is 0 Å². The van der Waals surface area contributed by atoms with E-state index in [4.69, 9.17) is 18.9 Å². The molecule has 0 saturated carbocycles. The maximum absolute atomic E-state index is 12.3. The molecule has 184 valence electrons. The highest BCUT2D eigenvalue weighted by atomic mass is 16.6. The number of rotatable bonds is 12. The Morgan fingerprint density at radius 1 is 0.886 bits per heavy atom. The number of unbranched alkanes of at least 4 members (excludes halogenated alkanes) is 1. The van der Waals surface area contributed by atoms with E-state index in [0.29, 0.717) is 32.8 Å². The van der Waals surface area contributed by atoms with Gasteiger partial charge >= 0.3 is 5.97 Å². The summed E-state index contributed by atoms with van der Waals surface area (Å²) in [5.74, 6) is 2.15. The molecule has 6 heteroatoms. The van der Waals surface area contributed by atoms with E-state index in [-0.39, 0.29) is 5.97 Å². The molecule has 3 aromatic rings. The van der Waals surface area contributed by atoms with Crippen molar-refractivity contribution in [1.82, 2.24) is 0 Å². The third-order valence-electron chi connectivity index (χ3n) is 5.83. The van der Waals surface area contributed by atoms with Crippen LogP contribution in [0.4, 0.5) is 11.4 Å². The smallest absolute Gasteiger partial charge is 0.335 e. The predicted molar refractivity (Wildman–Crippen MR) is 137 cm³/mol. The number of carbonyl (C=O) groups excluding carboxylic acids is 1. The molecule has 1 atom stereocenters. The molecule has 3 aromatic carbocycles. The van der Waals surface area contributed by atoms with Gasteiger partial charge in [-0.2, -0.15) is 0 Å².